The molecule has 0 aliphatic rings. The Hall–Kier alpha value is -3.34. The zero-order valence-electron chi connectivity index (χ0n) is 23.8. The molecule has 0 bridgehead atoms. The van der Waals surface area contributed by atoms with Crippen molar-refractivity contribution < 1.29 is 24.5 Å². The Morgan fingerprint density at radius 2 is 2.10 bits per heavy atom. The molecule has 0 radical (unpaired) electrons. The Balaban J connectivity index is 2.14. The van der Waals surface area contributed by atoms with Crippen molar-refractivity contribution >= 4 is 45.9 Å². The molecule has 0 saturated carbocycles. The molecule has 11 nitrogen and oxygen atoms in total. The van der Waals surface area contributed by atoms with Crippen molar-refractivity contribution in [2.75, 3.05) is 33.1 Å². The number of fused-ring (bicyclic) bond motifs is 1. The first kappa shape index (κ1) is 32.2. The number of aliphatic hydroxyl groups excluding tert-OH is 2. The van der Waals surface area contributed by atoms with Crippen molar-refractivity contribution in [2.45, 2.75) is 31.8 Å². The molecule has 0 fully saturated rings. The molecule has 3 rings (SSSR count). The number of ether oxygens (including phenoxy) is 2. The molecular formula is C28H35ClN6O5S. The highest BCUT2D eigenvalue weighted by molar-refractivity contribution is 7.98. The quantitative estimate of drug-likeness (QED) is 0.115. The Labute approximate surface area is 248 Å². The Bertz CT molecular complexity index is 1520. The first-order valence-electron chi connectivity index (χ1n) is 12.8. The van der Waals surface area contributed by atoms with E-state index in [1.54, 1.807) is 26.2 Å². The number of nitrogens with two attached hydrogens (primary N) is 1. The van der Waals surface area contributed by atoms with Gasteiger partial charge in [0.05, 0.1) is 40.9 Å². The largest absolute Gasteiger partial charge is 0.466 e. The predicted molar refractivity (Wildman–Crippen MR) is 161 cm³/mol. The van der Waals surface area contributed by atoms with Crippen LogP contribution in [0.3, 0.4) is 0 Å². The van der Waals surface area contributed by atoms with Gasteiger partial charge in [0, 0.05) is 68.9 Å². The monoisotopic (exact) mass is 602 g/mol. The number of esters is 1. The van der Waals surface area contributed by atoms with Crippen molar-refractivity contribution in [2.24, 2.45) is 24.8 Å². The number of nitrogens with zero attached hydrogens (tertiary/aromatic N) is 5. The van der Waals surface area contributed by atoms with Crippen molar-refractivity contribution in [3.8, 4) is 17.2 Å². The molecule has 1 aromatic carbocycles. The highest BCUT2D eigenvalue weighted by Gasteiger charge is 2.28. The number of carbonyl (C=O) groups is 1. The van der Waals surface area contributed by atoms with Gasteiger partial charge in [-0.05, 0) is 30.5 Å². The number of hydrogen-bond acceptors (Lipinski definition) is 10. The number of aliphatic imine (C=N–C) groups is 1. The first-order chi connectivity index (χ1) is 19.6. The lowest BCUT2D eigenvalue weighted by molar-refractivity contribution is -0.141. The molecule has 0 aliphatic heterocycles. The third kappa shape index (κ3) is 7.12. The van der Waals surface area contributed by atoms with Gasteiger partial charge in [0.15, 0.2) is 6.29 Å². The van der Waals surface area contributed by atoms with Gasteiger partial charge in [-0.15, -0.1) is 11.8 Å². The number of benzene rings is 1. The predicted octanol–water partition coefficient (Wildman–Crippen LogP) is 3.38. The average Bonchev–Trinajstić information content (AvgIpc) is 3.41. The summed E-state index contributed by atoms with van der Waals surface area (Å²) in [5.74, 6) is 0.525. The van der Waals surface area contributed by atoms with E-state index in [9.17, 15) is 20.3 Å². The number of methoxy groups -OCH3 is 1. The molecule has 0 spiro atoms. The van der Waals surface area contributed by atoms with Crippen LogP contribution < -0.4 is 5.73 Å². The van der Waals surface area contributed by atoms with E-state index in [0.29, 0.717) is 74.5 Å². The standard InChI is InChI=1S/C28H35ClN6O5S/c1-16(37)40-10-6-7-19-20-8-9-21(29)24(26(20)34(3)27(19)28(38)39-5)25-22(33-35(4)23(25)12-30)15-41-14-17(31)11-18(13-36)32-2/h8-9,11,28,36,38H,6-7,10,13-15,31H2,1-5H3. The van der Waals surface area contributed by atoms with E-state index in [1.165, 1.54) is 30.5 Å². The molecular weight excluding hydrogens is 568 g/mol. The van der Waals surface area contributed by atoms with Crippen LogP contribution in [0.2, 0.25) is 5.02 Å². The molecule has 0 amide bonds. The molecule has 0 saturated heterocycles. The van der Waals surface area contributed by atoms with Gasteiger partial charge in [-0.3, -0.25) is 14.5 Å². The van der Waals surface area contributed by atoms with E-state index in [1.807, 2.05) is 17.7 Å². The average molecular weight is 603 g/mol. The maximum absolute atomic E-state index is 11.3. The van der Waals surface area contributed by atoms with E-state index in [2.05, 4.69) is 16.2 Å². The molecule has 41 heavy (non-hydrogen) atoms. The van der Waals surface area contributed by atoms with Crippen molar-refractivity contribution in [3.63, 3.8) is 0 Å². The van der Waals surface area contributed by atoms with Gasteiger partial charge in [0.2, 0.25) is 0 Å². The second-order valence-corrected chi connectivity index (χ2v) is 10.7. The van der Waals surface area contributed by atoms with Crippen LogP contribution in [0.25, 0.3) is 22.0 Å². The molecule has 2 heterocycles. The Morgan fingerprint density at radius 3 is 2.71 bits per heavy atom. The number of nitriles is 1. The van der Waals surface area contributed by atoms with Crippen LogP contribution in [0.4, 0.5) is 0 Å². The van der Waals surface area contributed by atoms with E-state index < -0.39 is 6.29 Å². The van der Waals surface area contributed by atoms with Crippen molar-refractivity contribution in [3.05, 3.63) is 51.6 Å². The minimum atomic E-state index is -1.22. The third-order valence-electron chi connectivity index (χ3n) is 6.58. The summed E-state index contributed by atoms with van der Waals surface area (Å²) in [5, 5.41) is 36.2. The summed E-state index contributed by atoms with van der Waals surface area (Å²) >= 11 is 8.35. The van der Waals surface area contributed by atoms with Crippen LogP contribution >= 0.6 is 23.4 Å². The number of aryl methyl sites for hydroxylation is 3. The van der Waals surface area contributed by atoms with E-state index >= 15 is 0 Å². The van der Waals surface area contributed by atoms with Crippen LogP contribution in [-0.2, 0) is 40.5 Å². The van der Waals surface area contributed by atoms with E-state index in [-0.39, 0.29) is 19.2 Å². The van der Waals surface area contributed by atoms with E-state index in [4.69, 9.17) is 26.8 Å². The Morgan fingerprint density at radius 1 is 1.37 bits per heavy atom. The smallest absolute Gasteiger partial charge is 0.302 e. The summed E-state index contributed by atoms with van der Waals surface area (Å²) in [6.45, 7) is 1.39. The lowest BCUT2D eigenvalue weighted by atomic mass is 9.98. The van der Waals surface area contributed by atoms with Crippen LogP contribution in [-0.4, -0.2) is 69.4 Å². The number of carbonyl (C=O) groups excluding carboxylic acids is 1. The molecule has 220 valence electrons. The molecule has 13 heteroatoms. The number of thioether (sulfide) groups is 1. The number of hydrogen-bond donors (Lipinski definition) is 3. The summed E-state index contributed by atoms with van der Waals surface area (Å²) in [7, 11) is 6.52. The number of halogens is 1. The second-order valence-electron chi connectivity index (χ2n) is 9.26. The SMILES string of the molecule is CN=C(C=C(N)CSCc1nn(C)c(C#N)c1-c1c(Cl)ccc2c(CCCOC(C)=O)c(C(O)OC)n(C)c12)CO. The van der Waals surface area contributed by atoms with Crippen molar-refractivity contribution in [1.82, 2.24) is 14.3 Å². The molecule has 1 atom stereocenters. The third-order valence-corrected chi connectivity index (χ3v) is 7.91. The molecule has 3 aromatic rings. The zero-order chi connectivity index (χ0) is 30.3. The summed E-state index contributed by atoms with van der Waals surface area (Å²) in [6.07, 6.45) is 1.46. The minimum absolute atomic E-state index is 0.206. The summed E-state index contributed by atoms with van der Waals surface area (Å²) in [5.41, 5.74) is 11.4. The fourth-order valence-corrected chi connectivity index (χ4v) is 5.85. The highest BCUT2D eigenvalue weighted by Crippen LogP contribution is 2.43. The fraction of sp³-hybridized carbons (Fsp3) is 0.429. The van der Waals surface area contributed by atoms with Crippen LogP contribution in [0, 0.1) is 11.3 Å². The van der Waals surface area contributed by atoms with Gasteiger partial charge in [-0.1, -0.05) is 17.7 Å². The number of aromatic nitrogens is 3. The van der Waals surface area contributed by atoms with Crippen molar-refractivity contribution in [1.29, 1.82) is 5.26 Å². The lowest BCUT2D eigenvalue weighted by Crippen LogP contribution is -2.09. The normalized spacial score (nSPS) is 13.0. The minimum Gasteiger partial charge on any atom is -0.466 e. The van der Waals surface area contributed by atoms with Crippen LogP contribution in [0.5, 0.6) is 0 Å². The summed E-state index contributed by atoms with van der Waals surface area (Å²) < 4.78 is 13.8. The number of aliphatic hydroxyl groups is 2. The topological polar surface area (TPSA) is 161 Å². The van der Waals surface area contributed by atoms with Gasteiger partial charge in [0.25, 0.3) is 0 Å². The van der Waals surface area contributed by atoms with Gasteiger partial charge < -0.3 is 30.0 Å². The second kappa shape index (κ2) is 14.5. The molecule has 4 N–H and O–H groups in total. The Kier molecular flexibility index (Phi) is 11.4. The molecule has 0 aliphatic carbocycles. The first-order valence-corrected chi connectivity index (χ1v) is 14.3. The summed E-state index contributed by atoms with van der Waals surface area (Å²) in [6, 6.07) is 5.91. The maximum atomic E-state index is 11.3. The lowest BCUT2D eigenvalue weighted by Gasteiger charge is -2.14. The van der Waals surface area contributed by atoms with Crippen LogP contribution in [0.1, 0.15) is 42.3 Å². The van der Waals surface area contributed by atoms with E-state index in [0.717, 1.165) is 10.9 Å². The highest BCUT2D eigenvalue weighted by atomic mass is 35.5. The van der Waals surface area contributed by atoms with Gasteiger partial charge in [0.1, 0.15) is 11.8 Å². The molecule has 1 unspecified atom stereocenters. The van der Waals surface area contributed by atoms with Gasteiger partial charge in [-0.25, -0.2) is 0 Å². The zero-order valence-corrected chi connectivity index (χ0v) is 25.3. The van der Waals surface area contributed by atoms with Crippen LogP contribution in [0.15, 0.2) is 28.9 Å². The molecule has 2 aromatic heterocycles. The van der Waals surface area contributed by atoms with Gasteiger partial charge in [-0.2, -0.15) is 10.4 Å². The fourth-order valence-electron chi connectivity index (χ4n) is 4.78. The van der Waals surface area contributed by atoms with Gasteiger partial charge >= 0.3 is 5.97 Å². The number of rotatable bonds is 13. The maximum Gasteiger partial charge on any atom is 0.302 e. The summed E-state index contributed by atoms with van der Waals surface area (Å²) in [4.78, 5) is 15.2.